The zero-order valence-electron chi connectivity index (χ0n) is 11.1. The van der Waals surface area contributed by atoms with Crippen LogP contribution in [0, 0.1) is 0 Å². The van der Waals surface area contributed by atoms with Gasteiger partial charge in [0.1, 0.15) is 0 Å². The molecule has 1 unspecified atom stereocenters. The third-order valence-corrected chi connectivity index (χ3v) is 3.89. The summed E-state index contributed by atoms with van der Waals surface area (Å²) in [6.07, 6.45) is 0.443. The summed E-state index contributed by atoms with van der Waals surface area (Å²) in [7, 11) is 0. The lowest BCUT2D eigenvalue weighted by molar-refractivity contribution is -0.142. The Hall–Kier alpha value is -1.81. The fourth-order valence-electron chi connectivity index (χ4n) is 2.20. The molecule has 4 heteroatoms. The van der Waals surface area contributed by atoms with Crippen LogP contribution in [0.3, 0.4) is 0 Å². The van der Waals surface area contributed by atoms with Crippen molar-refractivity contribution in [2.45, 2.75) is 18.9 Å². The molecule has 2 rings (SSSR count). The van der Waals surface area contributed by atoms with Crippen molar-refractivity contribution in [3.63, 3.8) is 0 Å². The molecule has 3 nitrogen and oxygen atoms in total. The molecule has 0 bridgehead atoms. The second-order valence-electron chi connectivity index (χ2n) is 4.56. The van der Waals surface area contributed by atoms with Crippen LogP contribution in [0.2, 0.25) is 0 Å². The van der Waals surface area contributed by atoms with Crippen molar-refractivity contribution in [3.8, 4) is 0 Å². The fourth-order valence-corrected chi connectivity index (χ4v) is 2.46. The molecule has 1 atom stereocenters. The molecular formula is C16H16BrNO2. The highest BCUT2D eigenvalue weighted by Crippen LogP contribution is 2.31. The van der Waals surface area contributed by atoms with Gasteiger partial charge in [-0.3, -0.25) is 0 Å². The summed E-state index contributed by atoms with van der Waals surface area (Å²) in [6.45, 7) is 1.87. The average molecular weight is 334 g/mol. The van der Waals surface area contributed by atoms with Gasteiger partial charge >= 0.3 is 5.97 Å². The van der Waals surface area contributed by atoms with Crippen molar-refractivity contribution in [3.05, 3.63) is 64.6 Å². The Bertz CT molecular complexity index is 583. The van der Waals surface area contributed by atoms with Crippen LogP contribution in [0.15, 0.2) is 59.1 Å². The second-order valence-corrected chi connectivity index (χ2v) is 5.48. The molecule has 0 aromatic heterocycles. The van der Waals surface area contributed by atoms with Crippen molar-refractivity contribution in [1.29, 1.82) is 0 Å². The summed E-state index contributed by atoms with van der Waals surface area (Å²) in [5, 5.41) is 12.9. The van der Waals surface area contributed by atoms with Crippen LogP contribution >= 0.6 is 15.9 Å². The Labute approximate surface area is 126 Å². The van der Waals surface area contributed by atoms with Crippen LogP contribution in [-0.4, -0.2) is 11.1 Å². The van der Waals surface area contributed by atoms with E-state index in [-0.39, 0.29) is 0 Å². The van der Waals surface area contributed by atoms with E-state index >= 15 is 0 Å². The first-order chi connectivity index (χ1) is 9.58. The van der Waals surface area contributed by atoms with Gasteiger partial charge in [0.15, 0.2) is 5.54 Å². The Morgan fingerprint density at radius 3 is 2.25 bits per heavy atom. The van der Waals surface area contributed by atoms with E-state index in [1.807, 2.05) is 61.5 Å². The Morgan fingerprint density at radius 2 is 1.75 bits per heavy atom. The van der Waals surface area contributed by atoms with Crippen molar-refractivity contribution < 1.29 is 9.90 Å². The molecule has 2 N–H and O–H groups in total. The molecule has 0 fully saturated rings. The van der Waals surface area contributed by atoms with Gasteiger partial charge in [0.25, 0.3) is 0 Å². The van der Waals surface area contributed by atoms with E-state index in [9.17, 15) is 9.90 Å². The molecular weight excluding hydrogens is 318 g/mol. The van der Waals surface area contributed by atoms with Crippen LogP contribution in [0.5, 0.6) is 0 Å². The lowest BCUT2D eigenvalue weighted by atomic mass is 9.87. The molecule has 0 heterocycles. The number of anilines is 1. The highest BCUT2D eigenvalue weighted by atomic mass is 79.9. The van der Waals surface area contributed by atoms with Crippen molar-refractivity contribution >= 4 is 27.6 Å². The molecule has 0 aliphatic rings. The van der Waals surface area contributed by atoms with E-state index in [0.717, 1.165) is 15.7 Å². The normalized spacial score (nSPS) is 13.5. The van der Waals surface area contributed by atoms with E-state index < -0.39 is 11.5 Å². The number of hydrogen-bond acceptors (Lipinski definition) is 2. The number of halogens is 1. The van der Waals surface area contributed by atoms with Gasteiger partial charge in [0, 0.05) is 10.2 Å². The molecule has 0 saturated heterocycles. The predicted molar refractivity (Wildman–Crippen MR) is 83.8 cm³/mol. The van der Waals surface area contributed by atoms with E-state index in [2.05, 4.69) is 21.2 Å². The highest BCUT2D eigenvalue weighted by Gasteiger charge is 2.38. The van der Waals surface area contributed by atoms with E-state index in [4.69, 9.17) is 0 Å². The van der Waals surface area contributed by atoms with Gasteiger partial charge < -0.3 is 10.4 Å². The van der Waals surface area contributed by atoms with Crippen molar-refractivity contribution in [2.24, 2.45) is 0 Å². The topological polar surface area (TPSA) is 49.3 Å². The number of nitrogens with one attached hydrogen (secondary N) is 1. The Morgan fingerprint density at radius 1 is 1.15 bits per heavy atom. The molecule has 0 aliphatic heterocycles. The lowest BCUT2D eigenvalue weighted by Crippen LogP contribution is -2.43. The zero-order chi connectivity index (χ0) is 14.6. The summed E-state index contributed by atoms with van der Waals surface area (Å²) in [5.41, 5.74) is 0.404. The minimum Gasteiger partial charge on any atom is -0.479 e. The molecule has 0 aliphatic carbocycles. The van der Waals surface area contributed by atoms with Gasteiger partial charge in [0.05, 0.1) is 0 Å². The SMILES string of the molecule is CCC(Nc1ccccc1)(C(=O)O)c1ccc(Br)cc1. The number of carboxylic acid groups (broad SMARTS) is 1. The number of aliphatic carboxylic acids is 1. The first kappa shape index (κ1) is 14.6. The first-order valence-corrected chi connectivity index (χ1v) is 7.20. The predicted octanol–water partition coefficient (Wildman–Crippen LogP) is 4.25. The van der Waals surface area contributed by atoms with E-state index in [1.165, 1.54) is 0 Å². The number of benzene rings is 2. The molecule has 0 amide bonds. The summed E-state index contributed by atoms with van der Waals surface area (Å²) in [6, 6.07) is 16.8. The second kappa shape index (κ2) is 6.09. The van der Waals surface area contributed by atoms with Crippen LogP contribution < -0.4 is 5.32 Å². The molecule has 20 heavy (non-hydrogen) atoms. The van der Waals surface area contributed by atoms with Gasteiger partial charge in [-0.05, 0) is 36.2 Å². The zero-order valence-corrected chi connectivity index (χ0v) is 12.7. The average Bonchev–Trinajstić information content (AvgIpc) is 2.46. The van der Waals surface area contributed by atoms with Crippen LogP contribution in [0.25, 0.3) is 0 Å². The molecule has 2 aromatic carbocycles. The van der Waals surface area contributed by atoms with Gasteiger partial charge in [0.2, 0.25) is 0 Å². The number of carboxylic acids is 1. The molecule has 104 valence electrons. The largest absolute Gasteiger partial charge is 0.479 e. The molecule has 0 spiro atoms. The van der Waals surface area contributed by atoms with Crippen LogP contribution in [0.4, 0.5) is 5.69 Å². The molecule has 0 saturated carbocycles. The standard InChI is InChI=1S/C16H16BrNO2/c1-2-16(15(19)20,12-8-10-13(17)11-9-12)18-14-6-4-3-5-7-14/h3-11,18H,2H2,1H3,(H,19,20). The van der Waals surface area contributed by atoms with Gasteiger partial charge in [-0.25, -0.2) is 4.79 Å². The van der Waals surface area contributed by atoms with Gasteiger partial charge in [-0.2, -0.15) is 0 Å². The number of hydrogen-bond donors (Lipinski definition) is 2. The quantitative estimate of drug-likeness (QED) is 0.859. The Balaban J connectivity index is 2.45. The maximum Gasteiger partial charge on any atom is 0.334 e. The van der Waals surface area contributed by atoms with Crippen molar-refractivity contribution in [1.82, 2.24) is 0 Å². The number of carbonyl (C=O) groups is 1. The Kier molecular flexibility index (Phi) is 4.45. The summed E-state index contributed by atoms with van der Waals surface area (Å²) < 4.78 is 0.927. The highest BCUT2D eigenvalue weighted by molar-refractivity contribution is 9.10. The minimum atomic E-state index is -1.12. The third kappa shape index (κ3) is 2.85. The summed E-state index contributed by atoms with van der Waals surface area (Å²) in [4.78, 5) is 11.9. The number of para-hydroxylation sites is 1. The monoisotopic (exact) mass is 333 g/mol. The molecule has 0 radical (unpaired) electrons. The smallest absolute Gasteiger partial charge is 0.334 e. The van der Waals surface area contributed by atoms with E-state index in [1.54, 1.807) is 0 Å². The first-order valence-electron chi connectivity index (χ1n) is 6.41. The summed E-state index contributed by atoms with van der Waals surface area (Å²) in [5.74, 6) is -0.883. The maximum absolute atomic E-state index is 11.9. The van der Waals surface area contributed by atoms with Crippen molar-refractivity contribution in [2.75, 3.05) is 5.32 Å². The van der Waals surface area contributed by atoms with Gasteiger partial charge in [-0.1, -0.05) is 53.2 Å². The fraction of sp³-hybridized carbons (Fsp3) is 0.188. The van der Waals surface area contributed by atoms with E-state index in [0.29, 0.717) is 6.42 Å². The molecule has 2 aromatic rings. The van der Waals surface area contributed by atoms with Crippen LogP contribution in [0.1, 0.15) is 18.9 Å². The summed E-state index contributed by atoms with van der Waals surface area (Å²) >= 11 is 3.37. The third-order valence-electron chi connectivity index (χ3n) is 3.36. The maximum atomic E-state index is 11.9. The number of rotatable bonds is 5. The minimum absolute atomic E-state index is 0.443. The lowest BCUT2D eigenvalue weighted by Gasteiger charge is -2.31. The van der Waals surface area contributed by atoms with Crippen LogP contribution in [-0.2, 0) is 10.3 Å². The van der Waals surface area contributed by atoms with Gasteiger partial charge in [-0.15, -0.1) is 0 Å².